The lowest BCUT2D eigenvalue weighted by Crippen LogP contribution is -2.48. The van der Waals surface area contributed by atoms with Crippen LogP contribution in [0.1, 0.15) is 68.6 Å². The molecule has 0 radical (unpaired) electrons. The molecular formula is C33H47Cl2FN4O6. The van der Waals surface area contributed by atoms with Crippen LogP contribution in [0.15, 0.2) is 18.2 Å². The van der Waals surface area contributed by atoms with E-state index in [2.05, 4.69) is 30.6 Å². The van der Waals surface area contributed by atoms with Crippen LogP contribution in [0.2, 0.25) is 0 Å². The molecule has 13 heteroatoms. The van der Waals surface area contributed by atoms with Crippen LogP contribution >= 0.6 is 24.8 Å². The number of methoxy groups -OCH3 is 1. The quantitative estimate of drug-likeness (QED) is 0.230. The van der Waals surface area contributed by atoms with Gasteiger partial charge in [-0.2, -0.15) is 0 Å². The number of ether oxygens (including phenoxy) is 4. The van der Waals surface area contributed by atoms with Gasteiger partial charge in [-0.3, -0.25) is 19.9 Å². The summed E-state index contributed by atoms with van der Waals surface area (Å²) in [5.41, 5.74) is 2.59. The molecule has 1 N–H and O–H groups in total. The summed E-state index contributed by atoms with van der Waals surface area (Å²) in [7, 11) is 1.64. The number of amidine groups is 1. The zero-order valence-electron chi connectivity index (χ0n) is 27.8. The summed E-state index contributed by atoms with van der Waals surface area (Å²) in [6, 6.07) is 5.43. The summed E-state index contributed by atoms with van der Waals surface area (Å²) in [4.78, 5) is 31.7. The Labute approximate surface area is 283 Å². The number of halogens is 3. The first-order valence-electron chi connectivity index (χ1n) is 15.3. The van der Waals surface area contributed by atoms with Gasteiger partial charge in [-0.1, -0.05) is 20.8 Å². The Bertz CT molecular complexity index is 1410. The van der Waals surface area contributed by atoms with Crippen molar-refractivity contribution in [2.45, 2.75) is 53.5 Å². The van der Waals surface area contributed by atoms with E-state index in [1.807, 2.05) is 19.1 Å². The van der Waals surface area contributed by atoms with Crippen LogP contribution in [0, 0.1) is 11.2 Å². The maximum atomic E-state index is 15.6. The second-order valence-corrected chi connectivity index (χ2v) is 11.9. The normalized spacial score (nSPS) is 14.7. The predicted octanol–water partition coefficient (Wildman–Crippen LogP) is 5.48. The average molecular weight is 686 g/mol. The van der Waals surface area contributed by atoms with Crippen LogP contribution in [0.3, 0.4) is 0 Å². The summed E-state index contributed by atoms with van der Waals surface area (Å²) in [6.07, 6.45) is 0. The topological polar surface area (TPSA) is 105 Å². The minimum absolute atomic E-state index is 0. The number of fused-ring (bicyclic) bond motifs is 1. The van der Waals surface area contributed by atoms with E-state index in [1.54, 1.807) is 31.9 Å². The van der Waals surface area contributed by atoms with Gasteiger partial charge in [0.1, 0.15) is 11.6 Å². The van der Waals surface area contributed by atoms with Crippen LogP contribution in [0.5, 0.6) is 17.2 Å². The molecule has 0 bridgehead atoms. The Balaban J connectivity index is 0.00000368. The fourth-order valence-corrected chi connectivity index (χ4v) is 5.74. The van der Waals surface area contributed by atoms with Crippen molar-refractivity contribution in [2.24, 2.45) is 0 Å². The molecular weight excluding hydrogens is 638 g/mol. The number of nitrogens with zero attached hydrogens (tertiary/aromatic N) is 3. The van der Waals surface area contributed by atoms with Gasteiger partial charge in [0.05, 0.1) is 51.3 Å². The minimum atomic E-state index is -0.642. The molecule has 4 rings (SSSR count). The molecule has 2 heterocycles. The Kier molecular flexibility index (Phi) is 14.0. The summed E-state index contributed by atoms with van der Waals surface area (Å²) in [5, 5.41) is 8.76. The van der Waals surface area contributed by atoms with E-state index in [4.69, 9.17) is 24.4 Å². The van der Waals surface area contributed by atoms with Crippen molar-refractivity contribution >= 4 is 48.1 Å². The molecule has 256 valence electrons. The molecule has 46 heavy (non-hydrogen) atoms. The molecule has 0 unspecified atom stereocenters. The van der Waals surface area contributed by atoms with Gasteiger partial charge < -0.3 is 28.7 Å². The Morgan fingerprint density at radius 3 is 2.13 bits per heavy atom. The van der Waals surface area contributed by atoms with Crippen molar-refractivity contribution in [3.63, 3.8) is 0 Å². The van der Waals surface area contributed by atoms with Crippen molar-refractivity contribution in [3.8, 4) is 17.2 Å². The summed E-state index contributed by atoms with van der Waals surface area (Å²) >= 11 is 0. The minimum Gasteiger partial charge on any atom is -0.494 e. The lowest BCUT2D eigenvalue weighted by Gasteiger charge is -2.37. The van der Waals surface area contributed by atoms with Crippen LogP contribution < -0.4 is 19.1 Å². The third kappa shape index (κ3) is 8.35. The number of carbonyl (C=O) groups excluding carboxylic acids is 2. The fourth-order valence-electron chi connectivity index (χ4n) is 5.74. The van der Waals surface area contributed by atoms with E-state index < -0.39 is 5.82 Å². The van der Waals surface area contributed by atoms with Gasteiger partial charge in [0.2, 0.25) is 0 Å². The zero-order valence-corrected chi connectivity index (χ0v) is 29.4. The first kappa shape index (κ1) is 38.9. The summed E-state index contributed by atoms with van der Waals surface area (Å²) < 4.78 is 37.8. The molecule has 2 aromatic carbocycles. The fraction of sp³-hybridized carbons (Fsp3) is 0.545. The van der Waals surface area contributed by atoms with Crippen LogP contribution in [-0.2, 0) is 21.5 Å². The van der Waals surface area contributed by atoms with Gasteiger partial charge in [0.25, 0.3) is 0 Å². The highest BCUT2D eigenvalue weighted by Gasteiger charge is 2.34. The molecule has 2 aliphatic rings. The number of Topliss-reactive ketones (excluding diaryl/α,β-unsaturated/α-hetero) is 1. The summed E-state index contributed by atoms with van der Waals surface area (Å²) in [5.74, 6) is -0.129. The largest absolute Gasteiger partial charge is 0.494 e. The average Bonchev–Trinajstić information content (AvgIpc) is 3.28. The maximum absolute atomic E-state index is 15.6. The van der Waals surface area contributed by atoms with Crippen molar-refractivity contribution < 1.29 is 32.9 Å². The van der Waals surface area contributed by atoms with E-state index >= 15 is 4.39 Å². The summed E-state index contributed by atoms with van der Waals surface area (Å²) in [6.45, 7) is 15.5. The second kappa shape index (κ2) is 16.5. The molecule has 10 nitrogen and oxygen atoms in total. The van der Waals surface area contributed by atoms with Gasteiger partial charge in [0, 0.05) is 43.9 Å². The molecule has 0 saturated carbocycles. The van der Waals surface area contributed by atoms with Gasteiger partial charge >= 0.3 is 5.97 Å². The molecule has 2 aliphatic heterocycles. The van der Waals surface area contributed by atoms with Gasteiger partial charge in [-0.15, -0.1) is 24.8 Å². The molecule has 0 spiro atoms. The highest BCUT2D eigenvalue weighted by Crippen LogP contribution is 2.42. The number of hydrogen-bond acceptors (Lipinski definition) is 9. The van der Waals surface area contributed by atoms with E-state index in [9.17, 15) is 9.59 Å². The third-order valence-corrected chi connectivity index (χ3v) is 7.88. The first-order chi connectivity index (χ1) is 20.9. The lowest BCUT2D eigenvalue weighted by molar-refractivity contribution is -0.144. The van der Waals surface area contributed by atoms with Crippen molar-refractivity contribution in [1.29, 1.82) is 5.41 Å². The SMILES string of the molecule is CCOC(=O)CN1CCN(c2cc(C(=O)CN3Cc4cc(OCC)c(OCC)c(F)c4C3=N)cc(C(C)(C)C)c2OC)CC1.Cl.Cl. The molecule has 0 aromatic heterocycles. The van der Waals surface area contributed by atoms with E-state index in [0.29, 0.717) is 62.0 Å². The number of piperazine rings is 1. The van der Waals surface area contributed by atoms with Crippen LogP contribution in [0.25, 0.3) is 0 Å². The number of ketones is 1. The number of hydrogen-bond donors (Lipinski definition) is 1. The van der Waals surface area contributed by atoms with Crippen molar-refractivity contribution in [2.75, 3.05) is 71.1 Å². The number of nitrogens with one attached hydrogen (secondary N) is 1. The molecule has 2 aromatic rings. The second-order valence-electron chi connectivity index (χ2n) is 11.9. The monoisotopic (exact) mass is 684 g/mol. The lowest BCUT2D eigenvalue weighted by atomic mass is 9.84. The van der Waals surface area contributed by atoms with E-state index in [0.717, 1.165) is 11.3 Å². The van der Waals surface area contributed by atoms with Crippen molar-refractivity contribution in [3.05, 3.63) is 46.3 Å². The van der Waals surface area contributed by atoms with E-state index in [-0.39, 0.29) is 85.4 Å². The Morgan fingerprint density at radius 1 is 0.913 bits per heavy atom. The van der Waals surface area contributed by atoms with Gasteiger partial charge in [-0.05, 0) is 49.9 Å². The Morgan fingerprint density at radius 2 is 1.57 bits per heavy atom. The first-order valence-corrected chi connectivity index (χ1v) is 15.3. The molecule has 0 aliphatic carbocycles. The number of rotatable bonds is 12. The van der Waals surface area contributed by atoms with Crippen LogP contribution in [0.4, 0.5) is 10.1 Å². The number of carbonyl (C=O) groups is 2. The van der Waals surface area contributed by atoms with Crippen LogP contribution in [-0.4, -0.2) is 93.6 Å². The third-order valence-electron chi connectivity index (χ3n) is 7.88. The van der Waals surface area contributed by atoms with Gasteiger partial charge in [0.15, 0.2) is 23.1 Å². The standard InChI is InChI=1S/C33H45FN4O6.2ClH/c1-8-42-26-17-22-18-38(32(35)28(22)29(34)31(26)44-10-3)19-25(39)21-15-23(33(4,5)6)30(41-7)24(16-21)37-13-11-36(12-14-37)20-27(40)43-9-2;;/h15-17,35H,8-14,18-20H2,1-7H3;2*1H. The highest BCUT2D eigenvalue weighted by atomic mass is 35.5. The molecule has 1 saturated heterocycles. The Hall–Kier alpha value is -3.28. The number of esters is 1. The maximum Gasteiger partial charge on any atom is 0.320 e. The molecule has 0 amide bonds. The zero-order chi connectivity index (χ0) is 32.2. The highest BCUT2D eigenvalue weighted by molar-refractivity contribution is 6.06. The van der Waals surface area contributed by atoms with Gasteiger partial charge in [-0.25, -0.2) is 4.39 Å². The van der Waals surface area contributed by atoms with Crippen molar-refractivity contribution in [1.82, 2.24) is 9.80 Å². The van der Waals surface area contributed by atoms with E-state index in [1.165, 1.54) is 0 Å². The number of benzene rings is 2. The predicted molar refractivity (Wildman–Crippen MR) is 182 cm³/mol. The molecule has 1 fully saturated rings. The molecule has 0 atom stereocenters. The number of anilines is 1. The smallest absolute Gasteiger partial charge is 0.320 e.